The standard InChI is InChI=1S/C17H20F2N2/c1-3-13-6-5-9-21-17(13)16(20-4-2)11-12-7-8-14(18)15(19)10-12/h5-10,16,20H,3-4,11H2,1-2H3. The Balaban J connectivity index is 2.28. The van der Waals surface area contributed by atoms with Gasteiger partial charge in [0.25, 0.3) is 0 Å². The van der Waals surface area contributed by atoms with Crippen LogP contribution in [-0.2, 0) is 12.8 Å². The van der Waals surface area contributed by atoms with E-state index < -0.39 is 11.6 Å². The van der Waals surface area contributed by atoms with Crippen molar-refractivity contribution in [3.8, 4) is 0 Å². The van der Waals surface area contributed by atoms with Gasteiger partial charge < -0.3 is 5.32 Å². The van der Waals surface area contributed by atoms with Crippen molar-refractivity contribution >= 4 is 0 Å². The maximum atomic E-state index is 13.4. The number of rotatable bonds is 6. The van der Waals surface area contributed by atoms with Gasteiger partial charge in [0.2, 0.25) is 0 Å². The highest BCUT2D eigenvalue weighted by atomic mass is 19.2. The van der Waals surface area contributed by atoms with Crippen LogP contribution in [0, 0.1) is 11.6 Å². The van der Waals surface area contributed by atoms with Crippen LogP contribution in [0.4, 0.5) is 8.78 Å². The summed E-state index contributed by atoms with van der Waals surface area (Å²) in [6.07, 6.45) is 3.24. The predicted octanol–water partition coefficient (Wildman–Crippen LogP) is 3.82. The van der Waals surface area contributed by atoms with Gasteiger partial charge in [0, 0.05) is 6.20 Å². The first kappa shape index (κ1) is 15.6. The molecule has 0 saturated carbocycles. The minimum Gasteiger partial charge on any atom is -0.309 e. The lowest BCUT2D eigenvalue weighted by atomic mass is 9.98. The zero-order valence-corrected chi connectivity index (χ0v) is 12.4. The molecule has 2 aromatic rings. The Morgan fingerprint density at radius 2 is 1.95 bits per heavy atom. The van der Waals surface area contributed by atoms with E-state index in [2.05, 4.69) is 23.3 Å². The van der Waals surface area contributed by atoms with E-state index in [-0.39, 0.29) is 6.04 Å². The van der Waals surface area contributed by atoms with Crippen LogP contribution in [-0.4, -0.2) is 11.5 Å². The molecule has 1 atom stereocenters. The second kappa shape index (κ2) is 7.27. The molecule has 1 aromatic heterocycles. The third-order valence-electron chi connectivity index (χ3n) is 3.51. The van der Waals surface area contributed by atoms with Crippen LogP contribution in [0.3, 0.4) is 0 Å². The van der Waals surface area contributed by atoms with Crippen molar-refractivity contribution in [1.82, 2.24) is 10.3 Å². The van der Waals surface area contributed by atoms with E-state index in [1.807, 2.05) is 13.0 Å². The molecule has 2 nitrogen and oxygen atoms in total. The van der Waals surface area contributed by atoms with E-state index in [0.29, 0.717) is 6.42 Å². The Bertz CT molecular complexity index is 599. The maximum Gasteiger partial charge on any atom is 0.159 e. The highest BCUT2D eigenvalue weighted by molar-refractivity contribution is 5.26. The molecule has 0 aliphatic carbocycles. The van der Waals surface area contributed by atoms with Crippen molar-refractivity contribution in [3.05, 3.63) is 65.0 Å². The highest BCUT2D eigenvalue weighted by Gasteiger charge is 2.16. The molecule has 0 aliphatic rings. The van der Waals surface area contributed by atoms with Gasteiger partial charge in [-0.3, -0.25) is 4.98 Å². The fourth-order valence-electron chi connectivity index (χ4n) is 2.48. The molecule has 0 bridgehead atoms. The van der Waals surface area contributed by atoms with Crippen LogP contribution in [0.15, 0.2) is 36.5 Å². The van der Waals surface area contributed by atoms with Gasteiger partial charge in [0.1, 0.15) is 0 Å². The molecule has 4 heteroatoms. The summed E-state index contributed by atoms with van der Waals surface area (Å²) in [4.78, 5) is 4.47. The summed E-state index contributed by atoms with van der Waals surface area (Å²) < 4.78 is 26.4. The van der Waals surface area contributed by atoms with Gasteiger partial charge in [-0.2, -0.15) is 0 Å². The predicted molar refractivity (Wildman–Crippen MR) is 80.1 cm³/mol. The van der Waals surface area contributed by atoms with E-state index in [9.17, 15) is 8.78 Å². The molecule has 1 aromatic carbocycles. The molecule has 0 saturated heterocycles. The number of pyridine rings is 1. The van der Waals surface area contributed by atoms with Crippen LogP contribution in [0.5, 0.6) is 0 Å². The largest absolute Gasteiger partial charge is 0.309 e. The van der Waals surface area contributed by atoms with Gasteiger partial charge in [0.15, 0.2) is 11.6 Å². The molecule has 1 unspecified atom stereocenters. The first-order valence-electron chi connectivity index (χ1n) is 7.26. The average molecular weight is 290 g/mol. The molecule has 0 spiro atoms. The number of hydrogen-bond acceptors (Lipinski definition) is 2. The van der Waals surface area contributed by atoms with Crippen molar-refractivity contribution in [2.45, 2.75) is 32.7 Å². The van der Waals surface area contributed by atoms with Crippen LogP contribution >= 0.6 is 0 Å². The van der Waals surface area contributed by atoms with E-state index in [4.69, 9.17) is 0 Å². The van der Waals surface area contributed by atoms with E-state index in [1.54, 1.807) is 12.3 Å². The molecular formula is C17H20F2N2. The number of hydrogen-bond donors (Lipinski definition) is 1. The average Bonchev–Trinajstić information content (AvgIpc) is 2.50. The monoisotopic (exact) mass is 290 g/mol. The topological polar surface area (TPSA) is 24.9 Å². The minimum absolute atomic E-state index is 0.00369. The van der Waals surface area contributed by atoms with Crippen molar-refractivity contribution in [2.75, 3.05) is 6.54 Å². The van der Waals surface area contributed by atoms with Gasteiger partial charge in [-0.05, 0) is 48.7 Å². The van der Waals surface area contributed by atoms with Crippen molar-refractivity contribution in [3.63, 3.8) is 0 Å². The number of aryl methyl sites for hydroxylation is 1. The highest BCUT2D eigenvalue weighted by Crippen LogP contribution is 2.21. The van der Waals surface area contributed by atoms with Crippen molar-refractivity contribution in [2.24, 2.45) is 0 Å². The zero-order chi connectivity index (χ0) is 15.2. The Hall–Kier alpha value is -1.81. The lowest BCUT2D eigenvalue weighted by Gasteiger charge is -2.20. The minimum atomic E-state index is -0.814. The molecular weight excluding hydrogens is 270 g/mol. The summed E-state index contributed by atoms with van der Waals surface area (Å²) in [6.45, 7) is 4.89. The Kier molecular flexibility index (Phi) is 5.39. The van der Waals surface area contributed by atoms with Gasteiger partial charge in [-0.15, -0.1) is 0 Å². The van der Waals surface area contributed by atoms with Gasteiger partial charge in [-0.25, -0.2) is 8.78 Å². The Labute approximate surface area is 124 Å². The molecule has 1 N–H and O–H groups in total. The third-order valence-corrected chi connectivity index (χ3v) is 3.51. The normalized spacial score (nSPS) is 12.4. The summed E-state index contributed by atoms with van der Waals surface area (Å²) in [7, 11) is 0. The molecule has 0 fully saturated rings. The lowest BCUT2D eigenvalue weighted by molar-refractivity contribution is 0.500. The lowest BCUT2D eigenvalue weighted by Crippen LogP contribution is -2.25. The molecule has 21 heavy (non-hydrogen) atoms. The van der Waals surface area contributed by atoms with Crippen molar-refractivity contribution in [1.29, 1.82) is 0 Å². The van der Waals surface area contributed by atoms with E-state index in [1.165, 1.54) is 17.7 Å². The Morgan fingerprint density at radius 3 is 2.62 bits per heavy atom. The number of aromatic nitrogens is 1. The fraction of sp³-hybridized carbons (Fsp3) is 0.353. The summed E-state index contributed by atoms with van der Waals surface area (Å²) in [5, 5.41) is 3.38. The van der Waals surface area contributed by atoms with Crippen LogP contribution in [0.1, 0.15) is 36.7 Å². The number of likely N-dealkylation sites (N-methyl/N-ethyl adjacent to an activating group) is 1. The SMILES string of the molecule is CCNC(Cc1ccc(F)c(F)c1)c1ncccc1CC. The fourth-order valence-corrected chi connectivity index (χ4v) is 2.48. The Morgan fingerprint density at radius 1 is 1.14 bits per heavy atom. The van der Waals surface area contributed by atoms with Gasteiger partial charge >= 0.3 is 0 Å². The molecule has 0 radical (unpaired) electrons. The molecule has 2 rings (SSSR count). The molecule has 0 amide bonds. The molecule has 1 heterocycles. The smallest absolute Gasteiger partial charge is 0.159 e. The van der Waals surface area contributed by atoms with Crippen molar-refractivity contribution < 1.29 is 8.78 Å². The first-order chi connectivity index (χ1) is 10.2. The zero-order valence-electron chi connectivity index (χ0n) is 12.4. The first-order valence-corrected chi connectivity index (χ1v) is 7.26. The number of nitrogens with one attached hydrogen (secondary N) is 1. The molecule has 0 aliphatic heterocycles. The number of nitrogens with zero attached hydrogens (tertiary/aromatic N) is 1. The quantitative estimate of drug-likeness (QED) is 0.875. The van der Waals surface area contributed by atoms with E-state index >= 15 is 0 Å². The van der Waals surface area contributed by atoms with Crippen LogP contribution < -0.4 is 5.32 Å². The summed E-state index contributed by atoms with van der Waals surface area (Å²) in [5.41, 5.74) is 2.91. The van der Waals surface area contributed by atoms with Gasteiger partial charge in [0.05, 0.1) is 11.7 Å². The number of benzene rings is 1. The maximum absolute atomic E-state index is 13.4. The summed E-state index contributed by atoms with van der Waals surface area (Å²) in [6, 6.07) is 8.02. The van der Waals surface area contributed by atoms with Gasteiger partial charge in [-0.1, -0.05) is 26.0 Å². The van der Waals surface area contributed by atoms with Crippen LogP contribution in [0.2, 0.25) is 0 Å². The second-order valence-electron chi connectivity index (χ2n) is 4.96. The summed E-state index contributed by atoms with van der Waals surface area (Å²) >= 11 is 0. The van der Waals surface area contributed by atoms with Crippen LogP contribution in [0.25, 0.3) is 0 Å². The number of halogens is 2. The summed E-state index contributed by atoms with van der Waals surface area (Å²) in [5.74, 6) is -1.62. The third kappa shape index (κ3) is 3.85. The second-order valence-corrected chi connectivity index (χ2v) is 4.96. The van der Waals surface area contributed by atoms with E-state index in [0.717, 1.165) is 24.2 Å². The molecule has 112 valence electrons.